The van der Waals surface area contributed by atoms with E-state index in [1.54, 1.807) is 6.07 Å². The van der Waals surface area contributed by atoms with Crippen molar-refractivity contribution < 1.29 is 4.39 Å². The highest BCUT2D eigenvalue weighted by Gasteiger charge is 2.35. The lowest BCUT2D eigenvalue weighted by atomic mass is 9.88. The van der Waals surface area contributed by atoms with Gasteiger partial charge in [-0.1, -0.05) is 31.5 Å². The third-order valence-corrected chi connectivity index (χ3v) is 4.73. The van der Waals surface area contributed by atoms with Crippen LogP contribution in [0.15, 0.2) is 18.2 Å². The normalized spacial score (nSPS) is 19.6. The van der Waals surface area contributed by atoms with Gasteiger partial charge in [0, 0.05) is 36.7 Å². The molecule has 0 saturated carbocycles. The van der Waals surface area contributed by atoms with Crippen molar-refractivity contribution in [2.24, 2.45) is 0 Å². The molecular formula is C15H22ClFN2. The predicted octanol–water partition coefficient (Wildman–Crippen LogP) is 3.44. The van der Waals surface area contributed by atoms with Crippen LogP contribution in [-0.4, -0.2) is 30.1 Å². The Morgan fingerprint density at radius 3 is 2.74 bits per heavy atom. The van der Waals surface area contributed by atoms with Crippen LogP contribution in [0.3, 0.4) is 0 Å². The molecule has 1 N–H and O–H groups in total. The summed E-state index contributed by atoms with van der Waals surface area (Å²) < 4.78 is 13.1. The molecule has 0 amide bonds. The molecule has 1 aliphatic heterocycles. The average molecular weight is 285 g/mol. The van der Waals surface area contributed by atoms with Crippen molar-refractivity contribution in [1.29, 1.82) is 0 Å². The first kappa shape index (κ1) is 14.8. The van der Waals surface area contributed by atoms with Gasteiger partial charge in [0.25, 0.3) is 0 Å². The smallest absolute Gasteiger partial charge is 0.124 e. The SMILES string of the molecule is CCC1(CC)CNCCN1Cc1ccc(F)cc1Cl. The Balaban J connectivity index is 2.19. The molecule has 1 aromatic rings. The van der Waals surface area contributed by atoms with Crippen molar-refractivity contribution in [3.8, 4) is 0 Å². The van der Waals surface area contributed by atoms with Gasteiger partial charge in [0.1, 0.15) is 5.82 Å². The van der Waals surface area contributed by atoms with Gasteiger partial charge in [0.15, 0.2) is 0 Å². The number of hydrogen-bond acceptors (Lipinski definition) is 2. The van der Waals surface area contributed by atoms with Crippen molar-refractivity contribution in [3.63, 3.8) is 0 Å². The molecule has 19 heavy (non-hydrogen) atoms. The van der Waals surface area contributed by atoms with Crippen LogP contribution in [0.4, 0.5) is 4.39 Å². The molecule has 0 spiro atoms. The van der Waals surface area contributed by atoms with Gasteiger partial charge in [-0.05, 0) is 30.5 Å². The number of benzene rings is 1. The van der Waals surface area contributed by atoms with Crippen LogP contribution in [0.25, 0.3) is 0 Å². The topological polar surface area (TPSA) is 15.3 Å². The Morgan fingerprint density at radius 1 is 1.37 bits per heavy atom. The number of rotatable bonds is 4. The summed E-state index contributed by atoms with van der Waals surface area (Å²) in [6.45, 7) is 8.28. The molecule has 1 saturated heterocycles. The summed E-state index contributed by atoms with van der Waals surface area (Å²) in [5.74, 6) is -0.272. The highest BCUT2D eigenvalue weighted by atomic mass is 35.5. The second kappa shape index (κ2) is 6.21. The van der Waals surface area contributed by atoms with E-state index in [1.165, 1.54) is 12.1 Å². The number of piperazine rings is 1. The average Bonchev–Trinajstić information content (AvgIpc) is 2.42. The van der Waals surface area contributed by atoms with Crippen LogP contribution in [0, 0.1) is 5.82 Å². The van der Waals surface area contributed by atoms with Crippen molar-refractivity contribution in [2.75, 3.05) is 19.6 Å². The molecule has 0 atom stereocenters. The van der Waals surface area contributed by atoms with Crippen molar-refractivity contribution in [3.05, 3.63) is 34.6 Å². The van der Waals surface area contributed by atoms with Gasteiger partial charge in [-0.2, -0.15) is 0 Å². The third kappa shape index (κ3) is 3.10. The molecule has 4 heteroatoms. The minimum atomic E-state index is -0.272. The summed E-state index contributed by atoms with van der Waals surface area (Å²) in [7, 11) is 0. The first-order valence-electron chi connectivity index (χ1n) is 7.01. The number of halogens is 2. The lowest BCUT2D eigenvalue weighted by Crippen LogP contribution is -2.60. The first-order valence-corrected chi connectivity index (χ1v) is 7.39. The van der Waals surface area contributed by atoms with E-state index in [0.717, 1.165) is 44.6 Å². The van der Waals surface area contributed by atoms with Gasteiger partial charge in [-0.25, -0.2) is 4.39 Å². The maximum atomic E-state index is 13.1. The van der Waals surface area contributed by atoms with Crippen LogP contribution in [0.5, 0.6) is 0 Å². The quantitative estimate of drug-likeness (QED) is 0.911. The minimum Gasteiger partial charge on any atom is -0.314 e. The zero-order valence-corrected chi connectivity index (χ0v) is 12.4. The van der Waals surface area contributed by atoms with Crippen LogP contribution in [-0.2, 0) is 6.54 Å². The summed E-state index contributed by atoms with van der Waals surface area (Å²) >= 11 is 6.15. The summed E-state index contributed by atoms with van der Waals surface area (Å²) in [4.78, 5) is 2.49. The zero-order chi connectivity index (χ0) is 13.9. The monoisotopic (exact) mass is 284 g/mol. The van der Waals surface area contributed by atoms with E-state index in [-0.39, 0.29) is 11.4 Å². The Kier molecular flexibility index (Phi) is 4.82. The predicted molar refractivity (Wildman–Crippen MR) is 78.0 cm³/mol. The molecule has 0 aromatic heterocycles. The fourth-order valence-corrected chi connectivity index (χ4v) is 3.16. The Labute approximate surface area is 119 Å². The molecule has 106 valence electrons. The largest absolute Gasteiger partial charge is 0.314 e. The highest BCUT2D eigenvalue weighted by molar-refractivity contribution is 6.31. The van der Waals surface area contributed by atoms with Crippen molar-refractivity contribution in [1.82, 2.24) is 10.2 Å². The molecule has 1 fully saturated rings. The first-order chi connectivity index (χ1) is 9.11. The molecule has 0 aliphatic carbocycles. The van der Waals surface area contributed by atoms with Gasteiger partial charge < -0.3 is 5.32 Å². The maximum absolute atomic E-state index is 13.1. The molecule has 0 unspecified atom stereocenters. The molecule has 1 heterocycles. The van der Waals surface area contributed by atoms with Crippen molar-refractivity contribution >= 4 is 11.6 Å². The minimum absolute atomic E-state index is 0.190. The highest BCUT2D eigenvalue weighted by Crippen LogP contribution is 2.29. The lowest BCUT2D eigenvalue weighted by molar-refractivity contribution is 0.0448. The molecule has 0 radical (unpaired) electrons. The van der Waals surface area contributed by atoms with Crippen LogP contribution in [0.2, 0.25) is 5.02 Å². The fourth-order valence-electron chi connectivity index (χ4n) is 2.93. The second-order valence-electron chi connectivity index (χ2n) is 5.27. The Hall–Kier alpha value is -0.640. The van der Waals surface area contributed by atoms with Gasteiger partial charge >= 0.3 is 0 Å². The van der Waals surface area contributed by atoms with E-state index >= 15 is 0 Å². The molecule has 1 aliphatic rings. The fraction of sp³-hybridized carbons (Fsp3) is 0.600. The van der Waals surface area contributed by atoms with Crippen LogP contribution >= 0.6 is 11.6 Å². The second-order valence-corrected chi connectivity index (χ2v) is 5.67. The van der Waals surface area contributed by atoms with E-state index in [2.05, 4.69) is 24.1 Å². The molecule has 2 nitrogen and oxygen atoms in total. The van der Waals surface area contributed by atoms with E-state index in [1.807, 2.05) is 0 Å². The summed E-state index contributed by atoms with van der Waals surface area (Å²) in [6, 6.07) is 4.69. The van der Waals surface area contributed by atoms with Gasteiger partial charge in [-0.3, -0.25) is 4.90 Å². The molecular weight excluding hydrogens is 263 g/mol. The van der Waals surface area contributed by atoms with E-state index in [4.69, 9.17) is 11.6 Å². The maximum Gasteiger partial charge on any atom is 0.124 e. The number of nitrogens with one attached hydrogen (secondary N) is 1. The van der Waals surface area contributed by atoms with E-state index < -0.39 is 0 Å². The Bertz CT molecular complexity index is 432. The zero-order valence-electron chi connectivity index (χ0n) is 11.7. The van der Waals surface area contributed by atoms with Crippen molar-refractivity contribution in [2.45, 2.75) is 38.8 Å². The Morgan fingerprint density at radius 2 is 2.11 bits per heavy atom. The summed E-state index contributed by atoms with van der Waals surface area (Å²) in [5.41, 5.74) is 1.20. The van der Waals surface area contributed by atoms with Gasteiger partial charge in [0.05, 0.1) is 0 Å². The third-order valence-electron chi connectivity index (χ3n) is 4.38. The standard InChI is InChI=1S/C15H22ClFN2/c1-3-15(4-2)11-18-7-8-19(15)10-12-5-6-13(17)9-14(12)16/h5-6,9,18H,3-4,7-8,10-11H2,1-2H3. The number of hydrogen-bond donors (Lipinski definition) is 1. The van der Waals surface area contributed by atoms with E-state index in [9.17, 15) is 4.39 Å². The lowest BCUT2D eigenvalue weighted by Gasteiger charge is -2.47. The van der Waals surface area contributed by atoms with Gasteiger partial charge in [0.2, 0.25) is 0 Å². The van der Waals surface area contributed by atoms with Crippen LogP contribution < -0.4 is 5.32 Å². The molecule has 1 aromatic carbocycles. The summed E-state index contributed by atoms with van der Waals surface area (Å²) in [6.07, 6.45) is 2.21. The molecule has 2 rings (SSSR count). The summed E-state index contributed by atoms with van der Waals surface area (Å²) in [5, 5.41) is 4.01. The number of nitrogens with zero attached hydrogens (tertiary/aromatic N) is 1. The molecule has 0 bridgehead atoms. The van der Waals surface area contributed by atoms with Gasteiger partial charge in [-0.15, -0.1) is 0 Å². The van der Waals surface area contributed by atoms with Crippen LogP contribution in [0.1, 0.15) is 32.3 Å². The van der Waals surface area contributed by atoms with E-state index in [0.29, 0.717) is 5.02 Å².